The standard InChI is InChI=1S/C27H30N4O5S/c1-18-29-25-13-14-28-26(27(25)30-18)16-21-7-11-24(12-8-21)37(33,34)31(3)22(17-36-19(2)32)15-20-5-9-23(35-4)10-6-20/h5-14,22H,15-17H2,1-4H3,(H,29,30)/t22-/m0/s1. The number of methoxy groups -OCH3 is 1. The van der Waals surface area contributed by atoms with E-state index in [-0.39, 0.29) is 11.5 Å². The van der Waals surface area contributed by atoms with E-state index in [1.807, 2.05) is 37.3 Å². The highest BCUT2D eigenvalue weighted by Crippen LogP contribution is 2.23. The lowest BCUT2D eigenvalue weighted by Gasteiger charge is -2.27. The molecule has 2 aromatic carbocycles. The molecule has 4 rings (SSSR count). The average Bonchev–Trinajstić information content (AvgIpc) is 3.28. The molecular weight excluding hydrogens is 492 g/mol. The zero-order valence-corrected chi connectivity index (χ0v) is 22.1. The van der Waals surface area contributed by atoms with Crippen molar-refractivity contribution >= 4 is 27.0 Å². The van der Waals surface area contributed by atoms with Gasteiger partial charge in [0.25, 0.3) is 0 Å². The number of carbonyl (C=O) groups is 1. The topological polar surface area (TPSA) is 114 Å². The van der Waals surface area contributed by atoms with Crippen molar-refractivity contribution < 1.29 is 22.7 Å². The van der Waals surface area contributed by atoms with E-state index in [2.05, 4.69) is 15.0 Å². The first kappa shape index (κ1) is 26.3. The fraction of sp³-hybridized carbons (Fsp3) is 0.296. The van der Waals surface area contributed by atoms with Crippen LogP contribution in [0.15, 0.2) is 65.7 Å². The van der Waals surface area contributed by atoms with Gasteiger partial charge in [0.05, 0.1) is 29.3 Å². The number of ether oxygens (including phenoxy) is 2. The molecule has 0 unspecified atom stereocenters. The van der Waals surface area contributed by atoms with Gasteiger partial charge in [-0.25, -0.2) is 13.4 Å². The van der Waals surface area contributed by atoms with Gasteiger partial charge in [0.15, 0.2) is 0 Å². The maximum absolute atomic E-state index is 13.5. The molecule has 2 heterocycles. The van der Waals surface area contributed by atoms with Gasteiger partial charge < -0.3 is 14.5 Å². The Kier molecular flexibility index (Phi) is 7.89. The molecule has 1 N–H and O–H groups in total. The number of fused-ring (bicyclic) bond motifs is 1. The SMILES string of the molecule is COc1ccc(C[C@@H](COC(C)=O)N(C)S(=O)(=O)c2ccc(Cc3nccc4[nH]c(C)nc34)cc2)cc1. The molecule has 9 nitrogen and oxygen atoms in total. The zero-order chi connectivity index (χ0) is 26.6. The largest absolute Gasteiger partial charge is 0.497 e. The number of nitrogens with zero attached hydrogens (tertiary/aromatic N) is 3. The van der Waals surface area contributed by atoms with Crippen molar-refractivity contribution in [3.63, 3.8) is 0 Å². The average molecular weight is 523 g/mol. The predicted octanol–water partition coefficient (Wildman–Crippen LogP) is 3.66. The maximum Gasteiger partial charge on any atom is 0.302 e. The molecule has 0 amide bonds. The van der Waals surface area contributed by atoms with Gasteiger partial charge in [-0.1, -0.05) is 24.3 Å². The third kappa shape index (κ3) is 6.15. The summed E-state index contributed by atoms with van der Waals surface area (Å²) in [7, 11) is -0.768. The Morgan fingerprint density at radius 2 is 1.73 bits per heavy atom. The van der Waals surface area contributed by atoms with Gasteiger partial charge in [-0.3, -0.25) is 9.78 Å². The minimum atomic E-state index is -3.86. The highest BCUT2D eigenvalue weighted by atomic mass is 32.2. The fourth-order valence-electron chi connectivity index (χ4n) is 4.12. The lowest BCUT2D eigenvalue weighted by atomic mass is 10.1. The summed E-state index contributed by atoms with van der Waals surface area (Å²) >= 11 is 0. The monoisotopic (exact) mass is 522 g/mol. The number of likely N-dealkylation sites (N-methyl/N-ethyl adjacent to an activating group) is 1. The van der Waals surface area contributed by atoms with Gasteiger partial charge in [0.2, 0.25) is 10.0 Å². The molecule has 37 heavy (non-hydrogen) atoms. The second kappa shape index (κ2) is 11.1. The van der Waals surface area contributed by atoms with E-state index in [1.54, 1.807) is 37.6 Å². The van der Waals surface area contributed by atoms with Crippen LogP contribution in [0.1, 0.15) is 29.6 Å². The highest BCUT2D eigenvalue weighted by Gasteiger charge is 2.29. The molecule has 0 aliphatic carbocycles. The molecular formula is C27H30N4O5S. The third-order valence-corrected chi connectivity index (χ3v) is 8.11. The molecule has 2 aromatic heterocycles. The molecule has 0 bridgehead atoms. The quantitative estimate of drug-likeness (QED) is 0.316. The second-order valence-corrected chi connectivity index (χ2v) is 10.8. The van der Waals surface area contributed by atoms with Crippen LogP contribution < -0.4 is 4.74 Å². The van der Waals surface area contributed by atoms with E-state index in [1.165, 1.54) is 18.3 Å². The van der Waals surface area contributed by atoms with Crippen molar-refractivity contribution in [3.05, 3.63) is 83.4 Å². The van der Waals surface area contributed by atoms with Gasteiger partial charge in [-0.15, -0.1) is 0 Å². The maximum atomic E-state index is 13.5. The van der Waals surface area contributed by atoms with Gasteiger partial charge in [-0.05, 0) is 54.8 Å². The minimum absolute atomic E-state index is 0.0616. The minimum Gasteiger partial charge on any atom is -0.497 e. The number of nitrogens with one attached hydrogen (secondary N) is 1. The molecule has 4 aromatic rings. The van der Waals surface area contributed by atoms with Crippen LogP contribution in [0, 0.1) is 6.92 Å². The van der Waals surface area contributed by atoms with Crippen LogP contribution in [-0.4, -0.2) is 60.5 Å². The first-order valence-corrected chi connectivity index (χ1v) is 13.2. The summed E-state index contributed by atoms with van der Waals surface area (Å²) in [6, 6.07) is 15.4. The molecule has 194 valence electrons. The van der Waals surface area contributed by atoms with Crippen LogP contribution in [0.4, 0.5) is 0 Å². The molecule has 0 aliphatic rings. The third-order valence-electron chi connectivity index (χ3n) is 6.19. The summed E-state index contributed by atoms with van der Waals surface area (Å²) < 4.78 is 38.7. The number of benzene rings is 2. The number of esters is 1. The van der Waals surface area contributed by atoms with Gasteiger partial charge in [0.1, 0.15) is 23.7 Å². The second-order valence-electron chi connectivity index (χ2n) is 8.83. The summed E-state index contributed by atoms with van der Waals surface area (Å²) in [5.41, 5.74) is 4.35. The van der Waals surface area contributed by atoms with E-state index in [9.17, 15) is 13.2 Å². The Hall–Kier alpha value is -3.76. The number of rotatable bonds is 10. The summed E-state index contributed by atoms with van der Waals surface area (Å²) in [5.74, 6) is 1.05. The van der Waals surface area contributed by atoms with Crippen molar-refractivity contribution in [2.75, 3.05) is 20.8 Å². The Balaban J connectivity index is 1.54. The Morgan fingerprint density at radius 1 is 1.05 bits per heavy atom. The van der Waals surface area contributed by atoms with Crippen LogP contribution in [0.2, 0.25) is 0 Å². The number of sulfonamides is 1. The number of imidazole rings is 1. The number of H-pyrrole nitrogens is 1. The normalized spacial score (nSPS) is 12.6. The predicted molar refractivity (Wildman–Crippen MR) is 140 cm³/mol. The smallest absolute Gasteiger partial charge is 0.302 e. The Labute approximate surface area is 216 Å². The molecule has 0 saturated carbocycles. The number of hydrogen-bond acceptors (Lipinski definition) is 7. The number of aryl methyl sites for hydroxylation is 1. The summed E-state index contributed by atoms with van der Waals surface area (Å²) in [4.78, 5) is 23.8. The van der Waals surface area contributed by atoms with Crippen molar-refractivity contribution in [2.45, 2.75) is 37.6 Å². The van der Waals surface area contributed by atoms with Crippen LogP contribution in [0.25, 0.3) is 11.0 Å². The molecule has 0 spiro atoms. The van der Waals surface area contributed by atoms with E-state index >= 15 is 0 Å². The Bertz CT molecular complexity index is 1480. The molecule has 10 heteroatoms. The van der Waals surface area contributed by atoms with Gasteiger partial charge in [0, 0.05) is 26.6 Å². The van der Waals surface area contributed by atoms with Crippen LogP contribution in [-0.2, 0) is 32.4 Å². The van der Waals surface area contributed by atoms with Crippen molar-refractivity contribution in [1.82, 2.24) is 19.3 Å². The molecule has 0 saturated heterocycles. The van der Waals surface area contributed by atoms with E-state index < -0.39 is 22.0 Å². The van der Waals surface area contributed by atoms with Gasteiger partial charge >= 0.3 is 5.97 Å². The highest BCUT2D eigenvalue weighted by molar-refractivity contribution is 7.89. The number of aromatic nitrogens is 3. The summed E-state index contributed by atoms with van der Waals surface area (Å²) in [6.07, 6.45) is 2.61. The lowest BCUT2D eigenvalue weighted by molar-refractivity contribution is -0.142. The van der Waals surface area contributed by atoms with Gasteiger partial charge in [-0.2, -0.15) is 4.31 Å². The first-order chi connectivity index (χ1) is 17.7. The zero-order valence-electron chi connectivity index (χ0n) is 21.3. The van der Waals surface area contributed by atoms with Crippen molar-refractivity contribution in [1.29, 1.82) is 0 Å². The molecule has 1 atom stereocenters. The lowest BCUT2D eigenvalue weighted by Crippen LogP contribution is -2.41. The van der Waals surface area contributed by atoms with Crippen molar-refractivity contribution in [3.8, 4) is 5.75 Å². The van der Waals surface area contributed by atoms with E-state index in [0.717, 1.165) is 33.7 Å². The first-order valence-electron chi connectivity index (χ1n) is 11.8. The van der Waals surface area contributed by atoms with Crippen LogP contribution in [0.3, 0.4) is 0 Å². The van der Waals surface area contributed by atoms with E-state index in [0.29, 0.717) is 18.6 Å². The fourth-order valence-corrected chi connectivity index (χ4v) is 5.46. The number of aromatic amines is 1. The molecule has 0 aliphatic heterocycles. The Morgan fingerprint density at radius 3 is 2.38 bits per heavy atom. The number of carbonyl (C=O) groups excluding carboxylic acids is 1. The molecule has 0 radical (unpaired) electrons. The number of hydrogen-bond donors (Lipinski definition) is 1. The van der Waals surface area contributed by atoms with Crippen molar-refractivity contribution in [2.24, 2.45) is 0 Å². The van der Waals surface area contributed by atoms with E-state index in [4.69, 9.17) is 9.47 Å². The summed E-state index contributed by atoms with van der Waals surface area (Å²) in [6.45, 7) is 3.13. The number of pyridine rings is 1. The van der Waals surface area contributed by atoms with Crippen LogP contribution >= 0.6 is 0 Å². The molecule has 0 fully saturated rings. The van der Waals surface area contributed by atoms with Crippen LogP contribution in [0.5, 0.6) is 5.75 Å². The summed E-state index contributed by atoms with van der Waals surface area (Å²) in [5, 5.41) is 0.